The number of aromatic nitrogens is 3. The summed E-state index contributed by atoms with van der Waals surface area (Å²) in [5.41, 5.74) is 0.669. The number of piperidine rings is 1. The second kappa shape index (κ2) is 5.71. The van der Waals surface area contributed by atoms with E-state index in [1.165, 1.54) is 19.3 Å². The molecule has 1 aliphatic carbocycles. The van der Waals surface area contributed by atoms with E-state index in [0.29, 0.717) is 5.91 Å². The minimum atomic E-state index is -0.199. The lowest BCUT2D eigenvalue weighted by atomic mass is 9.77. The Kier molecular flexibility index (Phi) is 3.47. The Morgan fingerprint density at radius 1 is 1.20 bits per heavy atom. The highest BCUT2D eigenvalue weighted by atomic mass is 16.2. The van der Waals surface area contributed by atoms with Gasteiger partial charge in [-0.25, -0.2) is 9.97 Å². The Hall–Kier alpha value is -2.11. The Labute approximate surface area is 147 Å². The third-order valence-corrected chi connectivity index (χ3v) is 6.51. The first-order valence-electron chi connectivity index (χ1n) is 9.58. The summed E-state index contributed by atoms with van der Waals surface area (Å²) < 4.78 is 0. The van der Waals surface area contributed by atoms with Gasteiger partial charge in [0, 0.05) is 32.4 Å². The van der Waals surface area contributed by atoms with Gasteiger partial charge in [0.05, 0.1) is 10.8 Å². The molecule has 1 saturated carbocycles. The van der Waals surface area contributed by atoms with Crippen LogP contribution in [0.15, 0.2) is 18.6 Å². The SMILES string of the molecule is O=C1N(CC2CCC2)CCCC12CCN(c1ncnc3[nH]ccc13)C2. The number of amides is 1. The van der Waals surface area contributed by atoms with E-state index >= 15 is 0 Å². The molecular formula is C19H25N5O. The van der Waals surface area contributed by atoms with Crippen molar-refractivity contribution in [1.29, 1.82) is 0 Å². The Bertz CT molecular complexity index is 798. The predicted octanol–water partition coefficient (Wildman–Crippen LogP) is 2.58. The van der Waals surface area contributed by atoms with E-state index in [4.69, 9.17) is 0 Å². The van der Waals surface area contributed by atoms with Gasteiger partial charge in [0.15, 0.2) is 0 Å². The molecule has 1 unspecified atom stereocenters. The minimum absolute atomic E-state index is 0.199. The number of nitrogens with one attached hydrogen (secondary N) is 1. The monoisotopic (exact) mass is 339 g/mol. The van der Waals surface area contributed by atoms with E-state index in [1.54, 1.807) is 6.33 Å². The van der Waals surface area contributed by atoms with Crippen LogP contribution in [-0.2, 0) is 4.79 Å². The lowest BCUT2D eigenvalue weighted by Crippen LogP contribution is -2.51. The van der Waals surface area contributed by atoms with E-state index in [2.05, 4.69) is 24.8 Å². The minimum Gasteiger partial charge on any atom is -0.355 e. The normalized spacial score (nSPS) is 27.4. The fraction of sp³-hybridized carbons (Fsp3) is 0.632. The number of carbonyl (C=O) groups excluding carboxylic acids is 1. The molecule has 1 atom stereocenters. The van der Waals surface area contributed by atoms with E-state index < -0.39 is 0 Å². The van der Waals surface area contributed by atoms with Crippen molar-refractivity contribution in [2.24, 2.45) is 11.3 Å². The first kappa shape index (κ1) is 15.2. The van der Waals surface area contributed by atoms with E-state index in [0.717, 1.165) is 68.2 Å². The Morgan fingerprint density at radius 2 is 2.12 bits per heavy atom. The highest BCUT2D eigenvalue weighted by Crippen LogP contribution is 2.43. The summed E-state index contributed by atoms with van der Waals surface area (Å²) in [7, 11) is 0. The van der Waals surface area contributed by atoms with Crippen LogP contribution in [0.25, 0.3) is 11.0 Å². The van der Waals surface area contributed by atoms with Gasteiger partial charge in [-0.2, -0.15) is 0 Å². The van der Waals surface area contributed by atoms with Crippen LogP contribution in [0.1, 0.15) is 38.5 Å². The van der Waals surface area contributed by atoms with Gasteiger partial charge < -0.3 is 14.8 Å². The van der Waals surface area contributed by atoms with Crippen molar-refractivity contribution in [2.45, 2.75) is 38.5 Å². The number of anilines is 1. The molecule has 6 heteroatoms. The van der Waals surface area contributed by atoms with Gasteiger partial charge in [0.25, 0.3) is 0 Å². The van der Waals surface area contributed by atoms with Crippen molar-refractivity contribution in [3.63, 3.8) is 0 Å². The highest BCUT2D eigenvalue weighted by Gasteiger charge is 2.49. The van der Waals surface area contributed by atoms with E-state index in [1.807, 2.05) is 12.3 Å². The maximum atomic E-state index is 13.3. The molecule has 3 aliphatic rings. The molecule has 6 nitrogen and oxygen atoms in total. The van der Waals surface area contributed by atoms with Crippen LogP contribution in [-0.4, -0.2) is 51.9 Å². The summed E-state index contributed by atoms with van der Waals surface area (Å²) in [5.74, 6) is 2.11. The molecule has 5 rings (SSSR count). The first-order valence-corrected chi connectivity index (χ1v) is 9.58. The van der Waals surface area contributed by atoms with Gasteiger partial charge >= 0.3 is 0 Å². The smallest absolute Gasteiger partial charge is 0.230 e. The van der Waals surface area contributed by atoms with Crippen LogP contribution in [0, 0.1) is 11.3 Å². The number of carbonyl (C=O) groups is 1. The molecule has 2 saturated heterocycles. The number of hydrogen-bond acceptors (Lipinski definition) is 4. The van der Waals surface area contributed by atoms with Crippen molar-refractivity contribution in [2.75, 3.05) is 31.1 Å². The molecule has 3 fully saturated rings. The summed E-state index contributed by atoms with van der Waals surface area (Å²) in [6.07, 6.45) is 10.6. The molecule has 1 spiro atoms. The number of hydrogen-bond donors (Lipinski definition) is 1. The summed E-state index contributed by atoms with van der Waals surface area (Å²) in [4.78, 5) is 29.7. The summed E-state index contributed by atoms with van der Waals surface area (Å²) in [6.45, 7) is 3.63. The largest absolute Gasteiger partial charge is 0.355 e. The zero-order chi connectivity index (χ0) is 16.9. The average Bonchev–Trinajstić information content (AvgIpc) is 3.22. The zero-order valence-electron chi connectivity index (χ0n) is 14.6. The number of nitrogens with zero attached hydrogens (tertiary/aromatic N) is 4. The van der Waals surface area contributed by atoms with Crippen LogP contribution >= 0.6 is 0 Å². The predicted molar refractivity (Wildman–Crippen MR) is 96.3 cm³/mol. The number of H-pyrrole nitrogens is 1. The zero-order valence-corrected chi connectivity index (χ0v) is 14.6. The third kappa shape index (κ3) is 2.41. The van der Waals surface area contributed by atoms with Gasteiger partial charge in [0.1, 0.15) is 17.8 Å². The van der Waals surface area contributed by atoms with Crippen molar-refractivity contribution in [3.05, 3.63) is 18.6 Å². The Balaban J connectivity index is 1.38. The second-order valence-corrected chi connectivity index (χ2v) is 8.04. The maximum absolute atomic E-state index is 13.3. The van der Waals surface area contributed by atoms with Crippen LogP contribution in [0.2, 0.25) is 0 Å². The summed E-state index contributed by atoms with van der Waals surface area (Å²) >= 11 is 0. The van der Waals surface area contributed by atoms with Gasteiger partial charge in [0.2, 0.25) is 5.91 Å². The second-order valence-electron chi connectivity index (χ2n) is 8.04. The van der Waals surface area contributed by atoms with Crippen molar-refractivity contribution < 1.29 is 4.79 Å². The topological polar surface area (TPSA) is 65.1 Å². The summed E-state index contributed by atoms with van der Waals surface area (Å²) in [6, 6.07) is 2.03. The number of rotatable bonds is 3. The standard InChI is InChI=1S/C19H25N5O/c25-18-19(6-2-9-23(18)11-14-3-1-4-14)7-10-24(12-19)17-15-5-8-20-16(15)21-13-22-17/h5,8,13-14H,1-4,6-7,9-12H2,(H,20,21,22). The van der Waals surface area contributed by atoms with Crippen molar-refractivity contribution in [1.82, 2.24) is 19.9 Å². The van der Waals surface area contributed by atoms with Crippen LogP contribution in [0.5, 0.6) is 0 Å². The molecular weight excluding hydrogens is 314 g/mol. The summed E-state index contributed by atoms with van der Waals surface area (Å²) in [5, 5.41) is 1.05. The van der Waals surface area contributed by atoms with Crippen LogP contribution < -0.4 is 4.90 Å². The maximum Gasteiger partial charge on any atom is 0.230 e. The molecule has 132 valence electrons. The average molecular weight is 339 g/mol. The number of fused-ring (bicyclic) bond motifs is 1. The van der Waals surface area contributed by atoms with E-state index in [9.17, 15) is 4.79 Å². The van der Waals surface area contributed by atoms with E-state index in [-0.39, 0.29) is 5.41 Å². The lowest BCUT2D eigenvalue weighted by Gasteiger charge is -2.42. The molecule has 2 aromatic rings. The molecule has 1 amide bonds. The van der Waals surface area contributed by atoms with Gasteiger partial charge in [-0.05, 0) is 44.1 Å². The molecule has 1 N–H and O–H groups in total. The van der Waals surface area contributed by atoms with Gasteiger partial charge in [-0.1, -0.05) is 6.42 Å². The van der Waals surface area contributed by atoms with Crippen molar-refractivity contribution >= 4 is 22.8 Å². The van der Waals surface area contributed by atoms with Gasteiger partial charge in [-0.15, -0.1) is 0 Å². The molecule has 2 aromatic heterocycles. The third-order valence-electron chi connectivity index (χ3n) is 6.51. The first-order chi connectivity index (χ1) is 12.3. The quantitative estimate of drug-likeness (QED) is 0.933. The lowest BCUT2D eigenvalue weighted by molar-refractivity contribution is -0.146. The number of aromatic amines is 1. The molecule has 0 radical (unpaired) electrons. The van der Waals surface area contributed by atoms with Crippen LogP contribution in [0.3, 0.4) is 0 Å². The number of likely N-dealkylation sites (tertiary alicyclic amines) is 1. The fourth-order valence-corrected chi connectivity index (χ4v) is 4.86. The van der Waals surface area contributed by atoms with Crippen molar-refractivity contribution in [3.8, 4) is 0 Å². The Morgan fingerprint density at radius 3 is 2.96 bits per heavy atom. The molecule has 4 heterocycles. The molecule has 0 aromatic carbocycles. The van der Waals surface area contributed by atoms with Gasteiger partial charge in [-0.3, -0.25) is 4.79 Å². The highest BCUT2D eigenvalue weighted by molar-refractivity contribution is 5.89. The molecule has 25 heavy (non-hydrogen) atoms. The fourth-order valence-electron chi connectivity index (χ4n) is 4.86. The molecule has 0 bridgehead atoms. The molecule has 2 aliphatic heterocycles. The van der Waals surface area contributed by atoms with Crippen LogP contribution in [0.4, 0.5) is 5.82 Å².